The molecule has 3 fully saturated rings. The van der Waals surface area contributed by atoms with E-state index >= 15 is 0 Å². The molecular weight excluding hydrogens is 1140 g/mol. The van der Waals surface area contributed by atoms with Crippen LogP contribution < -0.4 is 10.6 Å². The van der Waals surface area contributed by atoms with Crippen LogP contribution >= 0.6 is 0 Å². The second-order valence-electron chi connectivity index (χ2n) is 25.0. The highest BCUT2D eigenvalue weighted by Gasteiger charge is 2.60. The Morgan fingerprint density at radius 2 is 1.06 bits per heavy atom. The van der Waals surface area contributed by atoms with Gasteiger partial charge in [0.25, 0.3) is 5.79 Å². The largest absolute Gasteiger partial charge is 0.477 e. The molecule has 88 heavy (non-hydrogen) atoms. The zero-order valence-electron chi connectivity index (χ0n) is 53.6. The standard InChI is InChI=1S/C65H120N2O21/c1-4-6-8-10-12-14-16-18-19-20-21-22-23-24-25-26-27-28-30-32-34-36-38-47(72)46(67-52(75)39-37-35-33-31-29-17-15-13-11-9-7-5-2)44-83-62-57(79)56(78)59(51(43-70)85-62)86-63-58(80)61(55(77)50(42-69)84-63)88-65(64(81)82)40-48(73)53(66-45(3)71)60(87-65)54(76)49(74)41-68/h13,15,46-51,53-63,68-70,72-74,76-80H,4-12,14,16-44H2,1-3H3,(H,66,71)(H,67,75)(H,81,82)/b15-13-. The summed E-state index contributed by atoms with van der Waals surface area (Å²) in [6.07, 6.45) is 13.7. The van der Waals surface area contributed by atoms with Crippen LogP contribution in [0.4, 0.5) is 0 Å². The van der Waals surface area contributed by atoms with E-state index in [-0.39, 0.29) is 18.9 Å². The summed E-state index contributed by atoms with van der Waals surface area (Å²) in [6.45, 7) is 2.17. The average molecular weight is 1270 g/mol. The Morgan fingerprint density at radius 1 is 0.580 bits per heavy atom. The molecular formula is C65H120N2O21. The Morgan fingerprint density at radius 3 is 1.56 bits per heavy atom. The SMILES string of the molecule is CCCCC/C=C\CCCCCCCC(=O)NC(COC1OC(CO)C(OC2OC(CO)C(O)C(OC3(C(=O)O)CC(O)C(NC(C)=O)C(C(O)C(O)CO)O3)C2O)C(O)C1O)C(O)CCCCCCCCCCCCCCCCCCCCCCCC. The van der Waals surface area contributed by atoms with Gasteiger partial charge in [-0.15, -0.1) is 0 Å². The number of unbranched alkanes of at least 4 members (excludes halogenated alkanes) is 29. The van der Waals surface area contributed by atoms with Gasteiger partial charge in [-0.05, 0) is 38.5 Å². The predicted molar refractivity (Wildman–Crippen MR) is 329 cm³/mol. The molecule has 0 aromatic carbocycles. The van der Waals surface area contributed by atoms with Crippen molar-refractivity contribution in [2.75, 3.05) is 26.4 Å². The molecule has 0 saturated carbocycles. The van der Waals surface area contributed by atoms with E-state index in [1.165, 1.54) is 128 Å². The lowest BCUT2D eigenvalue weighted by Crippen LogP contribution is -2.70. The van der Waals surface area contributed by atoms with Crippen molar-refractivity contribution in [1.82, 2.24) is 10.6 Å². The maximum absolute atomic E-state index is 13.4. The summed E-state index contributed by atoms with van der Waals surface area (Å²) >= 11 is 0. The second kappa shape index (κ2) is 46.5. The Balaban J connectivity index is 1.58. The lowest BCUT2D eigenvalue weighted by atomic mass is 9.88. The first kappa shape index (κ1) is 79.7. The molecule has 0 spiro atoms. The van der Waals surface area contributed by atoms with Gasteiger partial charge in [0.1, 0.15) is 67.1 Å². The van der Waals surface area contributed by atoms with Crippen LogP contribution in [0.2, 0.25) is 0 Å². The molecule has 18 unspecified atom stereocenters. The molecule has 14 N–H and O–H groups in total. The maximum Gasteiger partial charge on any atom is 0.364 e. The van der Waals surface area contributed by atoms with Gasteiger partial charge in [-0.2, -0.15) is 0 Å². The smallest absolute Gasteiger partial charge is 0.364 e. The molecule has 23 heteroatoms. The van der Waals surface area contributed by atoms with Crippen molar-refractivity contribution < 1.29 is 104 Å². The van der Waals surface area contributed by atoms with E-state index in [1.54, 1.807) is 0 Å². The highest BCUT2D eigenvalue weighted by molar-refractivity contribution is 5.77. The molecule has 23 nitrogen and oxygen atoms in total. The number of aliphatic hydroxyl groups excluding tert-OH is 11. The van der Waals surface area contributed by atoms with E-state index in [2.05, 4.69) is 36.6 Å². The molecule has 0 aliphatic carbocycles. The zero-order chi connectivity index (χ0) is 64.7. The van der Waals surface area contributed by atoms with Crippen molar-refractivity contribution in [1.29, 1.82) is 0 Å². The number of carboxylic acids is 1. The van der Waals surface area contributed by atoms with Crippen molar-refractivity contribution in [3.8, 4) is 0 Å². The highest BCUT2D eigenvalue weighted by Crippen LogP contribution is 2.39. The Kier molecular flexibility index (Phi) is 42.1. The number of rotatable bonds is 51. The minimum absolute atomic E-state index is 0.214. The van der Waals surface area contributed by atoms with Gasteiger partial charge < -0.3 is 100 Å². The number of aliphatic hydroxyl groups is 11. The summed E-state index contributed by atoms with van der Waals surface area (Å²) in [5.41, 5.74) is 0. The van der Waals surface area contributed by atoms with Crippen LogP contribution in [0, 0.1) is 0 Å². The van der Waals surface area contributed by atoms with E-state index < -0.39 is 148 Å². The molecule has 0 bridgehead atoms. The summed E-state index contributed by atoms with van der Waals surface area (Å²) in [5, 5.41) is 136. The normalized spacial score (nSPS) is 29.0. The molecule has 0 aromatic rings. The van der Waals surface area contributed by atoms with E-state index in [1.807, 2.05) is 0 Å². The Hall–Kier alpha value is -2.53. The van der Waals surface area contributed by atoms with Crippen LogP contribution in [0.25, 0.3) is 0 Å². The predicted octanol–water partition coefficient (Wildman–Crippen LogP) is 5.51. The van der Waals surface area contributed by atoms with Crippen LogP contribution in [-0.4, -0.2) is 215 Å². The van der Waals surface area contributed by atoms with Crippen LogP contribution in [0.1, 0.15) is 245 Å². The van der Waals surface area contributed by atoms with Crippen molar-refractivity contribution in [3.05, 3.63) is 12.2 Å². The lowest BCUT2D eigenvalue weighted by Gasteiger charge is -2.50. The van der Waals surface area contributed by atoms with Gasteiger partial charge in [-0.1, -0.05) is 199 Å². The van der Waals surface area contributed by atoms with Gasteiger partial charge in [0, 0.05) is 19.8 Å². The third-order valence-electron chi connectivity index (χ3n) is 17.5. The molecule has 3 aliphatic heterocycles. The number of carbonyl (C=O) groups is 3. The number of hydrogen-bond acceptors (Lipinski definition) is 20. The number of ether oxygens (including phenoxy) is 6. The van der Waals surface area contributed by atoms with Crippen LogP contribution in [0.5, 0.6) is 0 Å². The van der Waals surface area contributed by atoms with E-state index in [0.717, 1.165) is 71.1 Å². The van der Waals surface area contributed by atoms with Gasteiger partial charge in [-0.25, -0.2) is 4.79 Å². The molecule has 516 valence electrons. The Bertz CT molecular complexity index is 1840. The molecule has 0 aromatic heterocycles. The third-order valence-corrected chi connectivity index (χ3v) is 17.5. The van der Waals surface area contributed by atoms with Crippen molar-refractivity contribution in [3.63, 3.8) is 0 Å². The van der Waals surface area contributed by atoms with Gasteiger partial charge in [-0.3, -0.25) is 9.59 Å². The van der Waals surface area contributed by atoms with Gasteiger partial charge in [0.05, 0.1) is 50.7 Å². The summed E-state index contributed by atoms with van der Waals surface area (Å²) < 4.78 is 34.8. The highest BCUT2D eigenvalue weighted by atomic mass is 16.8. The summed E-state index contributed by atoms with van der Waals surface area (Å²) in [7, 11) is 0. The quantitative estimate of drug-likeness (QED) is 0.0264. The van der Waals surface area contributed by atoms with Crippen LogP contribution in [-0.2, 0) is 42.8 Å². The fraction of sp³-hybridized carbons (Fsp3) is 0.923. The van der Waals surface area contributed by atoms with Crippen LogP contribution in [0.15, 0.2) is 12.2 Å². The summed E-state index contributed by atoms with van der Waals surface area (Å²) in [6, 6.07) is -2.53. The number of nitrogens with one attached hydrogen (secondary N) is 2. The Labute approximate surface area is 524 Å². The van der Waals surface area contributed by atoms with E-state index in [9.17, 15) is 75.7 Å². The first-order valence-electron chi connectivity index (χ1n) is 34.0. The molecule has 2 amide bonds. The summed E-state index contributed by atoms with van der Waals surface area (Å²) in [4.78, 5) is 38.5. The van der Waals surface area contributed by atoms with Crippen LogP contribution in [0.3, 0.4) is 0 Å². The average Bonchev–Trinajstić information content (AvgIpc) is 1.21. The number of aliphatic carboxylic acids is 1. The zero-order valence-corrected chi connectivity index (χ0v) is 53.6. The fourth-order valence-corrected chi connectivity index (χ4v) is 12.0. The first-order chi connectivity index (χ1) is 42.4. The molecule has 3 rings (SSSR count). The molecule has 3 aliphatic rings. The number of carboxylic acid groups (broad SMARTS) is 1. The fourth-order valence-electron chi connectivity index (χ4n) is 12.0. The van der Waals surface area contributed by atoms with E-state index in [0.29, 0.717) is 19.3 Å². The monoisotopic (exact) mass is 1260 g/mol. The number of allylic oxidation sites excluding steroid dienone is 2. The van der Waals surface area contributed by atoms with Gasteiger partial charge in [0.15, 0.2) is 12.6 Å². The number of hydrogen-bond donors (Lipinski definition) is 14. The van der Waals surface area contributed by atoms with Crippen molar-refractivity contribution >= 4 is 17.8 Å². The first-order valence-corrected chi connectivity index (χ1v) is 34.0. The topological polar surface area (TPSA) is 373 Å². The van der Waals surface area contributed by atoms with E-state index in [4.69, 9.17) is 28.4 Å². The molecule has 3 saturated heterocycles. The number of carbonyl (C=O) groups excluding carboxylic acids is 2. The third kappa shape index (κ3) is 29.2. The minimum Gasteiger partial charge on any atom is -0.477 e. The number of amides is 2. The van der Waals surface area contributed by atoms with Crippen molar-refractivity contribution in [2.24, 2.45) is 0 Å². The lowest BCUT2D eigenvalue weighted by molar-refractivity contribution is -0.386. The minimum atomic E-state index is -3.08. The molecule has 0 radical (unpaired) electrons. The second-order valence-corrected chi connectivity index (χ2v) is 25.0. The van der Waals surface area contributed by atoms with Gasteiger partial charge in [0.2, 0.25) is 11.8 Å². The van der Waals surface area contributed by atoms with Crippen molar-refractivity contribution in [2.45, 2.75) is 355 Å². The van der Waals surface area contributed by atoms with Gasteiger partial charge >= 0.3 is 5.97 Å². The molecule has 3 heterocycles. The maximum atomic E-state index is 13.4. The summed E-state index contributed by atoms with van der Waals surface area (Å²) in [5.74, 6) is -6.11. The molecule has 18 atom stereocenters.